The molecule has 0 aliphatic heterocycles. The third-order valence-corrected chi connectivity index (χ3v) is 1.94. The second-order valence-corrected chi connectivity index (χ2v) is 3.03. The highest BCUT2D eigenvalue weighted by atomic mass is 14.3. The normalized spacial score (nSPS) is 9.27. The smallest absolute Gasteiger partial charge is 0.132 e. The summed E-state index contributed by atoms with van der Waals surface area (Å²) in [5.41, 5.74) is 1.89. The van der Waals surface area contributed by atoms with Crippen molar-refractivity contribution in [2.75, 3.05) is 0 Å². The third-order valence-electron chi connectivity index (χ3n) is 1.94. The van der Waals surface area contributed by atoms with E-state index in [0.717, 1.165) is 5.56 Å². The van der Waals surface area contributed by atoms with Crippen molar-refractivity contribution >= 4 is 6.08 Å². The van der Waals surface area contributed by atoms with Gasteiger partial charge in [-0.2, -0.15) is 10.5 Å². The Morgan fingerprint density at radius 2 is 1.73 bits per heavy atom. The lowest BCUT2D eigenvalue weighted by molar-refractivity contribution is 1.40. The predicted molar refractivity (Wildman–Crippen MR) is 59.4 cm³/mol. The van der Waals surface area contributed by atoms with Crippen molar-refractivity contribution in [3.63, 3.8) is 0 Å². The monoisotopic (exact) mass is 194 g/mol. The summed E-state index contributed by atoms with van der Waals surface area (Å²) in [4.78, 5) is 0. The van der Waals surface area contributed by atoms with E-state index in [-0.39, 0.29) is 5.57 Å². The number of hydrogen-bond acceptors (Lipinski definition) is 2. The van der Waals surface area contributed by atoms with E-state index >= 15 is 0 Å². The number of rotatable bonds is 2. The fourth-order valence-corrected chi connectivity index (χ4v) is 1.07. The summed E-state index contributed by atoms with van der Waals surface area (Å²) in [5, 5.41) is 17.3. The zero-order valence-corrected chi connectivity index (χ0v) is 8.44. The first-order valence-electron chi connectivity index (χ1n) is 4.52. The van der Waals surface area contributed by atoms with Gasteiger partial charge >= 0.3 is 0 Å². The van der Waals surface area contributed by atoms with Crippen molar-refractivity contribution in [2.24, 2.45) is 0 Å². The number of allylic oxidation sites excluding steroid dienone is 3. The molecule has 1 rings (SSSR count). The van der Waals surface area contributed by atoms with E-state index in [2.05, 4.69) is 0 Å². The lowest BCUT2D eigenvalue weighted by atomic mass is 10.1. The average molecular weight is 194 g/mol. The predicted octanol–water partition coefficient (Wildman–Crippen LogP) is 3.06. The van der Waals surface area contributed by atoms with Crippen molar-refractivity contribution in [3.8, 4) is 12.1 Å². The molecule has 0 N–H and O–H groups in total. The van der Waals surface area contributed by atoms with Crippen LogP contribution in [0.2, 0.25) is 0 Å². The molecule has 2 heteroatoms. The lowest BCUT2D eigenvalue weighted by Gasteiger charge is -1.92. The fourth-order valence-electron chi connectivity index (χ4n) is 1.07. The van der Waals surface area contributed by atoms with Crippen LogP contribution in [-0.4, -0.2) is 0 Å². The van der Waals surface area contributed by atoms with Gasteiger partial charge in [0.1, 0.15) is 17.7 Å². The largest absolute Gasteiger partial charge is 0.192 e. The molecule has 0 saturated carbocycles. The maximum absolute atomic E-state index is 8.63. The molecule has 2 nitrogen and oxygen atoms in total. The van der Waals surface area contributed by atoms with Crippen LogP contribution < -0.4 is 0 Å². The minimum atomic E-state index is 0.155. The zero-order valence-electron chi connectivity index (χ0n) is 8.44. The highest BCUT2D eigenvalue weighted by Crippen LogP contribution is 2.07. The molecule has 0 atom stereocenters. The number of nitrogens with zero attached hydrogens (tertiary/aromatic N) is 2. The van der Waals surface area contributed by atoms with E-state index < -0.39 is 0 Å². The molecule has 0 heterocycles. The Hall–Kier alpha value is -2.32. The highest BCUT2D eigenvalue weighted by Gasteiger charge is 1.95. The number of hydrogen-bond donors (Lipinski definition) is 0. The van der Waals surface area contributed by atoms with E-state index in [1.165, 1.54) is 0 Å². The SMILES string of the molecule is CC(C=Cc1ccccc1)=C(C#N)C#N. The summed E-state index contributed by atoms with van der Waals surface area (Å²) in [7, 11) is 0. The Balaban J connectivity index is 2.90. The van der Waals surface area contributed by atoms with Gasteiger partial charge in [0.25, 0.3) is 0 Å². The maximum atomic E-state index is 8.63. The molecule has 0 bridgehead atoms. The molecular weight excluding hydrogens is 184 g/mol. The van der Waals surface area contributed by atoms with Crippen LogP contribution in [0.3, 0.4) is 0 Å². The topological polar surface area (TPSA) is 47.6 Å². The van der Waals surface area contributed by atoms with Gasteiger partial charge in [0, 0.05) is 0 Å². The van der Waals surface area contributed by atoms with Crippen LogP contribution in [0.1, 0.15) is 12.5 Å². The van der Waals surface area contributed by atoms with Crippen LogP contribution >= 0.6 is 0 Å². The minimum Gasteiger partial charge on any atom is -0.192 e. The van der Waals surface area contributed by atoms with Crippen molar-refractivity contribution in [1.82, 2.24) is 0 Å². The van der Waals surface area contributed by atoms with Gasteiger partial charge in [-0.15, -0.1) is 0 Å². The van der Waals surface area contributed by atoms with Gasteiger partial charge in [-0.05, 0) is 18.1 Å². The summed E-state index contributed by atoms with van der Waals surface area (Å²) in [6.45, 7) is 1.75. The van der Waals surface area contributed by atoms with E-state index in [1.807, 2.05) is 48.5 Å². The highest BCUT2D eigenvalue weighted by molar-refractivity contribution is 5.55. The van der Waals surface area contributed by atoms with Crippen molar-refractivity contribution in [1.29, 1.82) is 10.5 Å². The first-order valence-corrected chi connectivity index (χ1v) is 4.52. The van der Waals surface area contributed by atoms with Crippen LogP contribution in [0, 0.1) is 22.7 Å². The van der Waals surface area contributed by atoms with Gasteiger partial charge < -0.3 is 0 Å². The lowest BCUT2D eigenvalue weighted by Crippen LogP contribution is -1.78. The quantitative estimate of drug-likeness (QED) is 0.536. The maximum Gasteiger partial charge on any atom is 0.132 e. The molecule has 0 saturated heterocycles. The molecule has 0 aromatic heterocycles. The molecule has 0 fully saturated rings. The second kappa shape index (κ2) is 5.42. The molecule has 0 aliphatic carbocycles. The van der Waals surface area contributed by atoms with Gasteiger partial charge in [0.2, 0.25) is 0 Å². The van der Waals surface area contributed by atoms with Gasteiger partial charge in [0.05, 0.1) is 0 Å². The Morgan fingerprint density at radius 3 is 2.27 bits per heavy atom. The molecule has 0 aliphatic rings. The van der Waals surface area contributed by atoms with Gasteiger partial charge in [-0.25, -0.2) is 0 Å². The first-order chi connectivity index (χ1) is 7.27. The molecule has 0 radical (unpaired) electrons. The van der Waals surface area contributed by atoms with Crippen LogP contribution in [0.15, 0.2) is 47.6 Å². The van der Waals surface area contributed by atoms with Crippen LogP contribution in [-0.2, 0) is 0 Å². The number of nitriles is 2. The summed E-state index contributed by atoms with van der Waals surface area (Å²) in [6.07, 6.45) is 3.65. The standard InChI is InChI=1S/C13H10N2/c1-11(13(9-14)10-15)7-8-12-5-3-2-4-6-12/h2-8H,1H3. The summed E-state index contributed by atoms with van der Waals surface area (Å²) in [5.74, 6) is 0. The van der Waals surface area contributed by atoms with Crippen LogP contribution in [0.5, 0.6) is 0 Å². The van der Waals surface area contributed by atoms with Gasteiger partial charge in [-0.1, -0.05) is 42.5 Å². The van der Waals surface area contributed by atoms with Crippen molar-refractivity contribution in [3.05, 3.63) is 53.1 Å². The fraction of sp³-hybridized carbons (Fsp3) is 0.0769. The molecule has 0 amide bonds. The average Bonchev–Trinajstić information content (AvgIpc) is 2.29. The molecular formula is C13H10N2. The Labute approximate surface area is 89.4 Å². The van der Waals surface area contributed by atoms with E-state index in [9.17, 15) is 0 Å². The van der Waals surface area contributed by atoms with E-state index in [1.54, 1.807) is 13.0 Å². The summed E-state index contributed by atoms with van der Waals surface area (Å²) in [6, 6.07) is 13.4. The van der Waals surface area contributed by atoms with Crippen molar-refractivity contribution < 1.29 is 0 Å². The Kier molecular flexibility index (Phi) is 3.89. The van der Waals surface area contributed by atoms with Crippen LogP contribution in [0.25, 0.3) is 6.08 Å². The summed E-state index contributed by atoms with van der Waals surface area (Å²) >= 11 is 0. The molecule has 0 unspecified atom stereocenters. The van der Waals surface area contributed by atoms with Gasteiger partial charge in [0.15, 0.2) is 0 Å². The summed E-state index contributed by atoms with van der Waals surface area (Å²) < 4.78 is 0. The molecule has 15 heavy (non-hydrogen) atoms. The Bertz CT molecular complexity index is 451. The molecule has 1 aromatic rings. The minimum absolute atomic E-state index is 0.155. The van der Waals surface area contributed by atoms with E-state index in [0.29, 0.717) is 5.57 Å². The first kappa shape index (κ1) is 10.8. The second-order valence-electron chi connectivity index (χ2n) is 3.03. The number of benzene rings is 1. The Morgan fingerprint density at radius 1 is 1.13 bits per heavy atom. The van der Waals surface area contributed by atoms with Crippen molar-refractivity contribution in [2.45, 2.75) is 6.92 Å². The molecule has 72 valence electrons. The zero-order chi connectivity index (χ0) is 11.1. The van der Waals surface area contributed by atoms with Crippen LogP contribution in [0.4, 0.5) is 0 Å². The molecule has 1 aromatic carbocycles. The molecule has 0 spiro atoms. The van der Waals surface area contributed by atoms with E-state index in [4.69, 9.17) is 10.5 Å². The van der Waals surface area contributed by atoms with Gasteiger partial charge in [-0.3, -0.25) is 0 Å². The third kappa shape index (κ3) is 3.14.